The van der Waals surface area contributed by atoms with Crippen molar-refractivity contribution < 1.29 is 22.3 Å². The quantitative estimate of drug-likeness (QED) is 0.746. The van der Waals surface area contributed by atoms with E-state index in [0.717, 1.165) is 0 Å². The lowest BCUT2D eigenvalue weighted by Crippen LogP contribution is -2.51. The van der Waals surface area contributed by atoms with Gasteiger partial charge in [0.1, 0.15) is 11.9 Å². The zero-order valence-corrected chi connectivity index (χ0v) is 14.1. The Hall–Kier alpha value is -1.51. The van der Waals surface area contributed by atoms with Crippen LogP contribution in [0.25, 0.3) is 0 Å². The van der Waals surface area contributed by atoms with Crippen molar-refractivity contribution in [2.24, 2.45) is 0 Å². The van der Waals surface area contributed by atoms with Crippen molar-refractivity contribution in [1.29, 1.82) is 0 Å². The van der Waals surface area contributed by atoms with E-state index in [1.54, 1.807) is 19.1 Å². The number of benzene rings is 1. The second-order valence-corrected chi connectivity index (χ2v) is 7.57. The third kappa shape index (κ3) is 4.07. The lowest BCUT2D eigenvalue weighted by molar-refractivity contribution is -0.147. The van der Waals surface area contributed by atoms with E-state index in [9.17, 15) is 17.6 Å². The number of carbonyl (C=O) groups excluding carboxylic acids is 1. The van der Waals surface area contributed by atoms with Gasteiger partial charge in [0, 0.05) is 26.2 Å². The highest BCUT2D eigenvalue weighted by Gasteiger charge is 2.33. The molecule has 0 spiro atoms. The van der Waals surface area contributed by atoms with Crippen LogP contribution in [-0.2, 0) is 19.6 Å². The number of esters is 1. The number of hydrogen-bond donors (Lipinski definition) is 0. The van der Waals surface area contributed by atoms with Crippen LogP contribution in [-0.4, -0.2) is 62.6 Å². The van der Waals surface area contributed by atoms with Crippen LogP contribution in [0.3, 0.4) is 0 Å². The molecular formula is C15H21FN2O4S. The monoisotopic (exact) mass is 344 g/mol. The minimum Gasteiger partial charge on any atom is -0.468 e. The van der Waals surface area contributed by atoms with Crippen LogP contribution in [0.1, 0.15) is 18.5 Å². The van der Waals surface area contributed by atoms with Crippen molar-refractivity contribution >= 4 is 16.0 Å². The maximum Gasteiger partial charge on any atom is 0.327 e. The average molecular weight is 344 g/mol. The van der Waals surface area contributed by atoms with Crippen molar-refractivity contribution in [3.05, 3.63) is 35.6 Å². The molecule has 0 aliphatic carbocycles. The first-order chi connectivity index (χ1) is 10.9. The van der Waals surface area contributed by atoms with Gasteiger partial charge in [-0.3, -0.25) is 4.90 Å². The highest BCUT2D eigenvalue weighted by Crippen LogP contribution is 2.24. The summed E-state index contributed by atoms with van der Waals surface area (Å²) in [4.78, 5) is 14.0. The summed E-state index contributed by atoms with van der Waals surface area (Å²) in [7, 11) is -1.92. The van der Waals surface area contributed by atoms with E-state index in [-0.39, 0.29) is 11.6 Å². The summed E-state index contributed by atoms with van der Waals surface area (Å²) in [5.41, 5.74) is 0.630. The van der Waals surface area contributed by atoms with E-state index in [4.69, 9.17) is 4.74 Å². The zero-order chi connectivity index (χ0) is 17.0. The van der Waals surface area contributed by atoms with Crippen LogP contribution < -0.4 is 0 Å². The van der Waals surface area contributed by atoms with Gasteiger partial charge in [0.25, 0.3) is 0 Å². The molecule has 2 rings (SSSR count). The maximum atomic E-state index is 13.1. The second kappa shape index (κ2) is 7.37. The zero-order valence-electron chi connectivity index (χ0n) is 13.2. The van der Waals surface area contributed by atoms with E-state index < -0.39 is 22.0 Å². The van der Waals surface area contributed by atoms with Crippen LogP contribution >= 0.6 is 0 Å². The molecule has 128 valence electrons. The first-order valence-electron chi connectivity index (χ1n) is 7.44. The van der Waals surface area contributed by atoms with Crippen LogP contribution in [0.4, 0.5) is 4.39 Å². The lowest BCUT2D eigenvalue weighted by Gasteiger charge is -2.37. The third-order valence-corrected chi connectivity index (χ3v) is 5.89. The number of carbonyl (C=O) groups is 1. The highest BCUT2D eigenvalue weighted by molar-refractivity contribution is 7.89. The second-order valence-electron chi connectivity index (χ2n) is 5.31. The molecule has 0 amide bonds. The summed E-state index contributed by atoms with van der Waals surface area (Å²) in [5.74, 6) is -0.759. The van der Waals surface area contributed by atoms with Gasteiger partial charge in [0.2, 0.25) is 10.0 Å². The Morgan fingerprint density at radius 1 is 1.22 bits per heavy atom. The van der Waals surface area contributed by atoms with Gasteiger partial charge in [-0.05, 0) is 24.6 Å². The Labute approximate surface area is 135 Å². The Morgan fingerprint density at radius 2 is 1.78 bits per heavy atom. The van der Waals surface area contributed by atoms with Crippen LogP contribution in [0, 0.1) is 5.82 Å². The van der Waals surface area contributed by atoms with Crippen molar-refractivity contribution in [2.45, 2.75) is 13.0 Å². The van der Waals surface area contributed by atoms with Gasteiger partial charge in [-0.25, -0.2) is 17.6 Å². The minimum absolute atomic E-state index is 0.0609. The molecule has 0 radical (unpaired) electrons. The molecule has 8 heteroatoms. The molecule has 1 fully saturated rings. The lowest BCUT2D eigenvalue weighted by atomic mass is 10.0. The Bertz CT molecular complexity index is 640. The number of methoxy groups -OCH3 is 1. The van der Waals surface area contributed by atoms with E-state index in [1.807, 2.05) is 4.90 Å². The highest BCUT2D eigenvalue weighted by atomic mass is 32.2. The average Bonchev–Trinajstić information content (AvgIpc) is 2.57. The Balaban J connectivity index is 2.16. The SMILES string of the molecule is CCS(=O)(=O)N1CCN([C@H](C(=O)OC)c2ccc(F)cc2)CC1. The van der Waals surface area contributed by atoms with Crippen LogP contribution in [0.5, 0.6) is 0 Å². The molecule has 1 atom stereocenters. The number of halogens is 1. The topological polar surface area (TPSA) is 66.9 Å². The largest absolute Gasteiger partial charge is 0.468 e. The molecule has 1 aromatic carbocycles. The van der Waals surface area contributed by atoms with Crippen molar-refractivity contribution in [2.75, 3.05) is 39.0 Å². The molecule has 0 bridgehead atoms. The van der Waals surface area contributed by atoms with Crippen LogP contribution in [0.2, 0.25) is 0 Å². The van der Waals surface area contributed by atoms with Gasteiger partial charge < -0.3 is 4.74 Å². The van der Waals surface area contributed by atoms with E-state index in [2.05, 4.69) is 0 Å². The van der Waals surface area contributed by atoms with Crippen LogP contribution in [0.15, 0.2) is 24.3 Å². The van der Waals surface area contributed by atoms with Gasteiger partial charge in [0.15, 0.2) is 0 Å². The molecule has 1 heterocycles. The molecule has 1 aliphatic rings. The van der Waals surface area contributed by atoms with Crippen molar-refractivity contribution in [3.8, 4) is 0 Å². The van der Waals surface area contributed by atoms with Gasteiger partial charge in [-0.1, -0.05) is 12.1 Å². The molecule has 1 aromatic rings. The molecule has 0 saturated carbocycles. The number of ether oxygens (including phenoxy) is 1. The Kier molecular flexibility index (Phi) is 5.72. The summed E-state index contributed by atoms with van der Waals surface area (Å²) >= 11 is 0. The standard InChI is InChI=1S/C15H21FN2O4S/c1-3-23(20,21)18-10-8-17(9-11-18)14(15(19)22-2)12-4-6-13(16)7-5-12/h4-7,14H,3,8-11H2,1-2H3/t14-/m0/s1. The fraction of sp³-hybridized carbons (Fsp3) is 0.533. The molecule has 1 aliphatic heterocycles. The fourth-order valence-corrected chi connectivity index (χ4v) is 3.76. The van der Waals surface area contributed by atoms with Gasteiger partial charge >= 0.3 is 5.97 Å². The number of rotatable bonds is 5. The van der Waals surface area contributed by atoms with Gasteiger partial charge in [-0.2, -0.15) is 4.31 Å². The predicted octanol–water partition coefficient (Wildman–Crippen LogP) is 1.01. The summed E-state index contributed by atoms with van der Waals surface area (Å²) < 4.78 is 43.2. The molecule has 0 N–H and O–H groups in total. The van der Waals surface area contributed by atoms with E-state index >= 15 is 0 Å². The fourth-order valence-electron chi connectivity index (χ4n) is 2.68. The number of piperazine rings is 1. The maximum absolute atomic E-state index is 13.1. The number of nitrogens with zero attached hydrogens (tertiary/aromatic N) is 2. The molecule has 0 aromatic heterocycles. The number of hydrogen-bond acceptors (Lipinski definition) is 5. The smallest absolute Gasteiger partial charge is 0.327 e. The molecule has 6 nitrogen and oxygen atoms in total. The first kappa shape index (κ1) is 17.8. The first-order valence-corrected chi connectivity index (χ1v) is 9.05. The van der Waals surface area contributed by atoms with Crippen molar-refractivity contribution in [3.63, 3.8) is 0 Å². The third-order valence-electron chi connectivity index (χ3n) is 4.01. The predicted molar refractivity (Wildman–Crippen MR) is 83.8 cm³/mol. The molecule has 23 heavy (non-hydrogen) atoms. The van der Waals surface area contributed by atoms with E-state index in [0.29, 0.717) is 31.7 Å². The van der Waals surface area contributed by atoms with Gasteiger partial charge in [-0.15, -0.1) is 0 Å². The van der Waals surface area contributed by atoms with E-state index in [1.165, 1.54) is 23.5 Å². The summed E-state index contributed by atoms with van der Waals surface area (Å²) in [6.45, 7) is 3.08. The van der Waals surface area contributed by atoms with Crippen molar-refractivity contribution in [1.82, 2.24) is 9.21 Å². The Morgan fingerprint density at radius 3 is 2.26 bits per heavy atom. The molecule has 1 saturated heterocycles. The normalized spacial score (nSPS) is 18.6. The van der Waals surface area contributed by atoms with Gasteiger partial charge in [0.05, 0.1) is 12.9 Å². The molecule has 0 unspecified atom stereocenters. The number of sulfonamides is 1. The summed E-state index contributed by atoms with van der Waals surface area (Å²) in [6, 6.07) is 5.02. The minimum atomic E-state index is -3.23. The summed E-state index contributed by atoms with van der Waals surface area (Å²) in [5, 5.41) is 0. The summed E-state index contributed by atoms with van der Waals surface area (Å²) in [6.07, 6.45) is 0. The molecular weight excluding hydrogens is 323 g/mol.